The zero-order chi connectivity index (χ0) is 14.7. The Kier molecular flexibility index (Phi) is 4.49. The third kappa shape index (κ3) is 3.04. The lowest BCUT2D eigenvalue weighted by atomic mass is 9.74. The first-order valence-electron chi connectivity index (χ1n) is 6.61. The van der Waals surface area contributed by atoms with E-state index >= 15 is 0 Å². The molecule has 0 saturated carbocycles. The predicted molar refractivity (Wildman–Crippen MR) is 71.4 cm³/mol. The Morgan fingerprint density at radius 2 is 2.00 bits per heavy atom. The molecule has 20 heavy (non-hydrogen) atoms. The van der Waals surface area contributed by atoms with Crippen LogP contribution in [0.25, 0.3) is 0 Å². The van der Waals surface area contributed by atoms with Crippen LogP contribution in [0.2, 0.25) is 0 Å². The van der Waals surface area contributed by atoms with E-state index in [-0.39, 0.29) is 35.9 Å². The molecule has 2 rings (SSSR count). The number of imide groups is 1. The van der Waals surface area contributed by atoms with Crippen LogP contribution in [0.3, 0.4) is 0 Å². The summed E-state index contributed by atoms with van der Waals surface area (Å²) >= 11 is 0. The van der Waals surface area contributed by atoms with Gasteiger partial charge in [-0.15, -0.1) is 0 Å². The third-order valence-corrected chi connectivity index (χ3v) is 3.78. The smallest absolute Gasteiger partial charge is 0.234 e. The van der Waals surface area contributed by atoms with Crippen molar-refractivity contribution in [3.63, 3.8) is 0 Å². The Hall–Kier alpha value is -1.75. The van der Waals surface area contributed by atoms with Gasteiger partial charge in [-0.3, -0.25) is 14.9 Å². The van der Waals surface area contributed by atoms with Gasteiger partial charge >= 0.3 is 0 Å². The summed E-state index contributed by atoms with van der Waals surface area (Å²) in [5, 5.41) is 2.36. The van der Waals surface area contributed by atoms with Gasteiger partial charge in [0.05, 0.1) is 5.92 Å². The van der Waals surface area contributed by atoms with Crippen LogP contribution in [0.1, 0.15) is 24.8 Å². The van der Waals surface area contributed by atoms with E-state index in [1.807, 2.05) is 6.92 Å². The molecule has 5 heteroatoms. The van der Waals surface area contributed by atoms with Crippen LogP contribution in [-0.2, 0) is 14.3 Å². The molecule has 4 nitrogen and oxygen atoms in total. The van der Waals surface area contributed by atoms with Gasteiger partial charge in [-0.25, -0.2) is 4.39 Å². The van der Waals surface area contributed by atoms with Gasteiger partial charge in [-0.2, -0.15) is 0 Å². The summed E-state index contributed by atoms with van der Waals surface area (Å²) in [6.07, 6.45) is 0.276. The highest BCUT2D eigenvalue weighted by Crippen LogP contribution is 2.36. The van der Waals surface area contributed by atoms with Crippen molar-refractivity contribution in [1.82, 2.24) is 5.32 Å². The molecule has 2 amide bonds. The molecule has 1 saturated heterocycles. The lowest BCUT2D eigenvalue weighted by molar-refractivity contribution is -0.137. The number of benzene rings is 1. The zero-order valence-electron chi connectivity index (χ0n) is 11.6. The summed E-state index contributed by atoms with van der Waals surface area (Å²) in [7, 11) is 1.59. The molecule has 0 aromatic heterocycles. The molecule has 1 aromatic rings. The van der Waals surface area contributed by atoms with E-state index in [1.165, 1.54) is 12.1 Å². The van der Waals surface area contributed by atoms with Crippen LogP contribution >= 0.6 is 0 Å². The Morgan fingerprint density at radius 1 is 1.35 bits per heavy atom. The van der Waals surface area contributed by atoms with E-state index in [1.54, 1.807) is 19.2 Å². The van der Waals surface area contributed by atoms with Crippen molar-refractivity contribution in [2.75, 3.05) is 13.7 Å². The number of amides is 2. The Bertz CT molecular complexity index is 500. The maximum absolute atomic E-state index is 13.0. The number of halogens is 1. The summed E-state index contributed by atoms with van der Waals surface area (Å²) in [6.45, 7) is 2.43. The lowest BCUT2D eigenvalue weighted by Gasteiger charge is -2.34. The van der Waals surface area contributed by atoms with Crippen molar-refractivity contribution in [1.29, 1.82) is 0 Å². The number of carbonyl (C=O) groups is 2. The van der Waals surface area contributed by atoms with Crippen molar-refractivity contribution in [2.45, 2.75) is 19.3 Å². The molecule has 108 valence electrons. The van der Waals surface area contributed by atoms with Crippen molar-refractivity contribution >= 4 is 11.8 Å². The van der Waals surface area contributed by atoms with Crippen LogP contribution in [0.4, 0.5) is 4.39 Å². The molecule has 1 heterocycles. The minimum absolute atomic E-state index is 0.0602. The van der Waals surface area contributed by atoms with Gasteiger partial charge in [0.2, 0.25) is 11.8 Å². The molecule has 1 aliphatic heterocycles. The second-order valence-electron chi connectivity index (χ2n) is 5.24. The summed E-state index contributed by atoms with van der Waals surface area (Å²) in [4.78, 5) is 23.7. The Labute approximate surface area is 117 Å². The maximum atomic E-state index is 13.0. The van der Waals surface area contributed by atoms with Gasteiger partial charge < -0.3 is 4.74 Å². The van der Waals surface area contributed by atoms with E-state index < -0.39 is 5.92 Å². The molecule has 0 spiro atoms. The highest BCUT2D eigenvalue weighted by atomic mass is 19.1. The molecular weight excluding hydrogens is 261 g/mol. The predicted octanol–water partition coefficient (Wildman–Crippen LogP) is 1.85. The first kappa shape index (κ1) is 14.7. The first-order valence-corrected chi connectivity index (χ1v) is 6.61. The van der Waals surface area contributed by atoms with Crippen molar-refractivity contribution < 1.29 is 18.7 Å². The Balaban J connectivity index is 2.31. The molecule has 1 aliphatic rings. The molecule has 3 atom stereocenters. The minimum Gasteiger partial charge on any atom is -0.384 e. The van der Waals surface area contributed by atoms with Gasteiger partial charge in [0.15, 0.2) is 0 Å². The second-order valence-corrected chi connectivity index (χ2v) is 5.24. The van der Waals surface area contributed by atoms with Crippen LogP contribution in [0.5, 0.6) is 0 Å². The molecule has 1 fully saturated rings. The standard InChI is InChI=1S/C15H18FNO3/c1-9(8-20-2)12-7-13(18)17-15(19)14(12)10-3-5-11(16)6-4-10/h3-6,9,12,14H,7-8H2,1-2H3,(H,17,18,19). The summed E-state index contributed by atoms with van der Waals surface area (Å²) < 4.78 is 18.1. The number of carbonyl (C=O) groups excluding carboxylic acids is 2. The van der Waals surface area contributed by atoms with Crippen LogP contribution in [-0.4, -0.2) is 25.5 Å². The largest absolute Gasteiger partial charge is 0.384 e. The fourth-order valence-electron chi connectivity index (χ4n) is 2.78. The number of nitrogens with one attached hydrogen (secondary N) is 1. The van der Waals surface area contributed by atoms with E-state index in [4.69, 9.17) is 4.74 Å². The van der Waals surface area contributed by atoms with Gasteiger partial charge in [0.1, 0.15) is 5.82 Å². The first-order chi connectivity index (χ1) is 9.52. The van der Waals surface area contributed by atoms with Gasteiger partial charge in [0, 0.05) is 20.1 Å². The highest BCUT2D eigenvalue weighted by molar-refractivity contribution is 6.01. The van der Waals surface area contributed by atoms with Crippen molar-refractivity contribution in [3.8, 4) is 0 Å². The molecule has 0 bridgehead atoms. The number of piperidine rings is 1. The number of hydrogen-bond donors (Lipinski definition) is 1. The molecule has 0 radical (unpaired) electrons. The molecule has 0 aliphatic carbocycles. The molecule has 3 unspecified atom stereocenters. The third-order valence-electron chi connectivity index (χ3n) is 3.78. The monoisotopic (exact) mass is 279 g/mol. The summed E-state index contributed by atoms with van der Waals surface area (Å²) in [6, 6.07) is 5.86. The highest BCUT2D eigenvalue weighted by Gasteiger charge is 2.39. The summed E-state index contributed by atoms with van der Waals surface area (Å²) in [5.41, 5.74) is 0.726. The minimum atomic E-state index is -0.446. The van der Waals surface area contributed by atoms with E-state index in [2.05, 4.69) is 5.32 Å². The molecular formula is C15H18FNO3. The van der Waals surface area contributed by atoms with E-state index in [0.717, 1.165) is 5.56 Å². The van der Waals surface area contributed by atoms with E-state index in [9.17, 15) is 14.0 Å². The fraction of sp³-hybridized carbons (Fsp3) is 0.467. The van der Waals surface area contributed by atoms with E-state index in [0.29, 0.717) is 6.61 Å². The van der Waals surface area contributed by atoms with Crippen LogP contribution in [0, 0.1) is 17.7 Å². The normalized spacial score (nSPS) is 24.4. The van der Waals surface area contributed by atoms with Gasteiger partial charge in [0.25, 0.3) is 0 Å². The second kappa shape index (κ2) is 6.13. The number of rotatable bonds is 4. The molecule has 1 N–H and O–H groups in total. The number of ether oxygens (including phenoxy) is 1. The van der Waals surface area contributed by atoms with Gasteiger partial charge in [-0.1, -0.05) is 19.1 Å². The fourth-order valence-corrected chi connectivity index (χ4v) is 2.78. The zero-order valence-corrected chi connectivity index (χ0v) is 11.6. The average Bonchev–Trinajstić information content (AvgIpc) is 2.39. The maximum Gasteiger partial charge on any atom is 0.234 e. The number of hydrogen-bond acceptors (Lipinski definition) is 3. The Morgan fingerprint density at radius 3 is 2.60 bits per heavy atom. The lowest BCUT2D eigenvalue weighted by Crippen LogP contribution is -2.46. The van der Waals surface area contributed by atoms with Crippen molar-refractivity contribution in [3.05, 3.63) is 35.6 Å². The summed E-state index contributed by atoms with van der Waals surface area (Å²) in [5.74, 6) is -1.45. The number of methoxy groups -OCH3 is 1. The van der Waals surface area contributed by atoms with Crippen molar-refractivity contribution in [2.24, 2.45) is 11.8 Å². The SMILES string of the molecule is COCC(C)C1CC(=O)NC(=O)C1c1ccc(F)cc1. The van der Waals surface area contributed by atoms with Crippen LogP contribution in [0.15, 0.2) is 24.3 Å². The molecule has 1 aromatic carbocycles. The van der Waals surface area contributed by atoms with Crippen LogP contribution < -0.4 is 5.32 Å². The van der Waals surface area contributed by atoms with Gasteiger partial charge in [-0.05, 0) is 29.5 Å². The topological polar surface area (TPSA) is 55.4 Å². The quantitative estimate of drug-likeness (QED) is 0.856. The average molecular weight is 279 g/mol.